The molecule has 1 amide bonds. The zero-order valence-electron chi connectivity index (χ0n) is 11.7. The number of nitrogens with two attached hydrogens (primary N) is 1. The number of nitrogens with one attached hydrogen (secondary N) is 1. The lowest BCUT2D eigenvalue weighted by Gasteiger charge is -2.09. The molecular weight excluding hydrogens is 276 g/mol. The molecule has 0 atom stereocenters. The minimum Gasteiger partial charge on any atom is -0.397 e. The minimum absolute atomic E-state index is 0.0117. The Morgan fingerprint density at radius 1 is 1.33 bits per heavy atom. The largest absolute Gasteiger partial charge is 0.397 e. The van der Waals surface area contributed by atoms with Crippen LogP contribution in [-0.4, -0.2) is 10.5 Å². The monoisotopic (exact) mass is 293 g/mol. The lowest BCUT2D eigenvalue weighted by atomic mass is 10.2. The molecule has 0 fully saturated rings. The van der Waals surface area contributed by atoms with E-state index in [1.54, 1.807) is 16.8 Å². The van der Waals surface area contributed by atoms with Crippen LogP contribution in [-0.2, 0) is 13.1 Å². The highest BCUT2D eigenvalue weighted by molar-refractivity contribution is 5.93. The van der Waals surface area contributed by atoms with Gasteiger partial charge < -0.3 is 15.6 Å². The van der Waals surface area contributed by atoms with Crippen LogP contribution in [0.5, 0.6) is 0 Å². The summed E-state index contributed by atoms with van der Waals surface area (Å²) in [5.74, 6) is -1.67. The summed E-state index contributed by atoms with van der Waals surface area (Å²) in [4.78, 5) is 12.1. The van der Waals surface area contributed by atoms with E-state index >= 15 is 0 Å². The molecule has 112 valence electrons. The molecule has 4 nitrogen and oxygen atoms in total. The van der Waals surface area contributed by atoms with Crippen LogP contribution in [0.25, 0.3) is 0 Å². The van der Waals surface area contributed by atoms with Crippen molar-refractivity contribution in [1.82, 2.24) is 9.88 Å². The Hall–Kier alpha value is -2.37. The molecule has 0 bridgehead atoms. The number of anilines is 1. The van der Waals surface area contributed by atoms with Gasteiger partial charge in [0.15, 0.2) is 0 Å². The van der Waals surface area contributed by atoms with Gasteiger partial charge in [-0.2, -0.15) is 0 Å². The van der Waals surface area contributed by atoms with Gasteiger partial charge in [0.2, 0.25) is 0 Å². The van der Waals surface area contributed by atoms with Gasteiger partial charge in [-0.15, -0.1) is 0 Å². The highest BCUT2D eigenvalue weighted by Gasteiger charge is 2.13. The van der Waals surface area contributed by atoms with E-state index in [0.29, 0.717) is 17.9 Å². The molecule has 3 N–H and O–H groups in total. The molecule has 0 unspecified atom stereocenters. The third kappa shape index (κ3) is 3.59. The SMILES string of the molecule is CCCn1cc(N)cc1C(=O)NCc1ccc(F)cc1F. The number of nitrogens with zero attached hydrogens (tertiary/aromatic N) is 1. The van der Waals surface area contributed by atoms with Gasteiger partial charge in [-0.3, -0.25) is 4.79 Å². The Balaban J connectivity index is 2.08. The molecule has 1 aromatic heterocycles. The molecule has 6 heteroatoms. The molecule has 0 aliphatic heterocycles. The van der Waals surface area contributed by atoms with E-state index < -0.39 is 11.6 Å². The summed E-state index contributed by atoms with van der Waals surface area (Å²) in [5.41, 5.74) is 6.85. The van der Waals surface area contributed by atoms with Crippen molar-refractivity contribution >= 4 is 11.6 Å². The summed E-state index contributed by atoms with van der Waals surface area (Å²) >= 11 is 0. The molecule has 2 rings (SSSR count). The van der Waals surface area contributed by atoms with E-state index in [1.807, 2.05) is 6.92 Å². The van der Waals surface area contributed by atoms with Crippen molar-refractivity contribution in [1.29, 1.82) is 0 Å². The first-order valence-corrected chi connectivity index (χ1v) is 6.69. The quantitative estimate of drug-likeness (QED) is 0.890. The fourth-order valence-corrected chi connectivity index (χ4v) is 2.08. The van der Waals surface area contributed by atoms with Crippen molar-refractivity contribution in [2.45, 2.75) is 26.4 Å². The zero-order valence-corrected chi connectivity index (χ0v) is 11.7. The smallest absolute Gasteiger partial charge is 0.268 e. The summed E-state index contributed by atoms with van der Waals surface area (Å²) < 4.78 is 28.1. The van der Waals surface area contributed by atoms with E-state index in [1.165, 1.54) is 6.07 Å². The van der Waals surface area contributed by atoms with E-state index in [4.69, 9.17) is 5.73 Å². The lowest BCUT2D eigenvalue weighted by Crippen LogP contribution is -2.25. The van der Waals surface area contributed by atoms with Gasteiger partial charge in [0.1, 0.15) is 17.3 Å². The van der Waals surface area contributed by atoms with Gasteiger partial charge in [-0.1, -0.05) is 13.0 Å². The molecule has 0 saturated carbocycles. The number of hydrogen-bond acceptors (Lipinski definition) is 2. The van der Waals surface area contributed by atoms with Crippen molar-refractivity contribution in [3.63, 3.8) is 0 Å². The molecule has 0 saturated heterocycles. The number of halogens is 2. The third-order valence-electron chi connectivity index (χ3n) is 3.07. The maximum atomic E-state index is 13.5. The van der Waals surface area contributed by atoms with Crippen molar-refractivity contribution in [3.8, 4) is 0 Å². The van der Waals surface area contributed by atoms with Crippen LogP contribution >= 0.6 is 0 Å². The highest BCUT2D eigenvalue weighted by atomic mass is 19.1. The van der Waals surface area contributed by atoms with Crippen molar-refractivity contribution in [2.24, 2.45) is 0 Å². The van der Waals surface area contributed by atoms with Gasteiger partial charge in [-0.25, -0.2) is 8.78 Å². The van der Waals surface area contributed by atoms with E-state index in [0.717, 1.165) is 18.6 Å². The molecule has 1 aromatic carbocycles. The van der Waals surface area contributed by atoms with E-state index in [2.05, 4.69) is 5.32 Å². The Labute approximate surface area is 121 Å². The van der Waals surface area contributed by atoms with Crippen molar-refractivity contribution in [2.75, 3.05) is 5.73 Å². The number of aromatic nitrogens is 1. The number of nitrogen functional groups attached to an aromatic ring is 1. The first-order chi connectivity index (χ1) is 10.0. The lowest BCUT2D eigenvalue weighted by molar-refractivity contribution is 0.0941. The Kier molecular flexibility index (Phi) is 4.57. The number of carbonyl (C=O) groups is 1. The van der Waals surface area contributed by atoms with Crippen LogP contribution in [0, 0.1) is 11.6 Å². The first kappa shape index (κ1) is 15.0. The third-order valence-corrected chi connectivity index (χ3v) is 3.07. The Bertz CT molecular complexity index is 652. The minimum atomic E-state index is -0.682. The maximum Gasteiger partial charge on any atom is 0.268 e. The average Bonchev–Trinajstić information content (AvgIpc) is 2.79. The topological polar surface area (TPSA) is 60.0 Å². The van der Waals surface area contributed by atoms with Crippen LogP contribution in [0.1, 0.15) is 29.4 Å². The van der Waals surface area contributed by atoms with Crippen LogP contribution < -0.4 is 11.1 Å². The Morgan fingerprint density at radius 3 is 2.76 bits per heavy atom. The molecule has 0 aliphatic carbocycles. The summed E-state index contributed by atoms with van der Waals surface area (Å²) in [6.45, 7) is 2.65. The molecule has 1 heterocycles. The standard InChI is InChI=1S/C15H17F2N3O/c1-2-5-20-9-12(18)7-14(20)15(21)19-8-10-3-4-11(16)6-13(10)17/h3-4,6-7,9H,2,5,8,18H2,1H3,(H,19,21). The molecule has 21 heavy (non-hydrogen) atoms. The Morgan fingerprint density at radius 2 is 2.10 bits per heavy atom. The molecule has 0 spiro atoms. The normalized spacial score (nSPS) is 10.6. The van der Waals surface area contributed by atoms with Crippen LogP contribution in [0.4, 0.5) is 14.5 Å². The second-order valence-electron chi connectivity index (χ2n) is 4.77. The van der Waals surface area contributed by atoms with Gasteiger partial charge in [0.25, 0.3) is 5.91 Å². The molecular formula is C15H17F2N3O. The summed E-state index contributed by atoms with van der Waals surface area (Å²) in [7, 11) is 0. The first-order valence-electron chi connectivity index (χ1n) is 6.69. The molecule has 2 aromatic rings. The number of rotatable bonds is 5. The van der Waals surface area contributed by atoms with E-state index in [9.17, 15) is 13.6 Å². The average molecular weight is 293 g/mol. The number of hydrogen-bond donors (Lipinski definition) is 2. The van der Waals surface area contributed by atoms with Gasteiger partial charge >= 0.3 is 0 Å². The second-order valence-corrected chi connectivity index (χ2v) is 4.77. The number of benzene rings is 1. The predicted octanol–water partition coefficient (Wildman–Crippen LogP) is 2.69. The summed E-state index contributed by atoms with van der Waals surface area (Å²) in [5, 5.41) is 2.61. The van der Waals surface area contributed by atoms with E-state index in [-0.39, 0.29) is 18.0 Å². The van der Waals surface area contributed by atoms with Crippen molar-refractivity contribution in [3.05, 3.63) is 53.4 Å². The van der Waals surface area contributed by atoms with Gasteiger partial charge in [0.05, 0.1) is 5.69 Å². The predicted molar refractivity (Wildman–Crippen MR) is 76.7 cm³/mol. The molecule has 0 aliphatic rings. The van der Waals surface area contributed by atoms with Crippen LogP contribution in [0.15, 0.2) is 30.5 Å². The fraction of sp³-hybridized carbons (Fsp3) is 0.267. The van der Waals surface area contributed by atoms with Crippen LogP contribution in [0.2, 0.25) is 0 Å². The second kappa shape index (κ2) is 6.39. The maximum absolute atomic E-state index is 13.5. The molecule has 0 radical (unpaired) electrons. The fourth-order valence-electron chi connectivity index (χ4n) is 2.08. The number of amides is 1. The zero-order chi connectivity index (χ0) is 15.4. The summed E-state index contributed by atoms with van der Waals surface area (Å²) in [6.07, 6.45) is 2.55. The van der Waals surface area contributed by atoms with Gasteiger partial charge in [0, 0.05) is 30.9 Å². The highest BCUT2D eigenvalue weighted by Crippen LogP contribution is 2.13. The number of aryl methyl sites for hydroxylation is 1. The number of carbonyl (C=O) groups excluding carboxylic acids is 1. The van der Waals surface area contributed by atoms with Gasteiger partial charge in [-0.05, 0) is 18.6 Å². The van der Waals surface area contributed by atoms with Crippen molar-refractivity contribution < 1.29 is 13.6 Å². The van der Waals surface area contributed by atoms with Crippen LogP contribution in [0.3, 0.4) is 0 Å². The summed E-state index contributed by atoms with van der Waals surface area (Å²) in [6, 6.07) is 4.83.